The number of hydrogen-bond acceptors (Lipinski definition) is 9. The van der Waals surface area contributed by atoms with Crippen molar-refractivity contribution in [3.05, 3.63) is 205 Å². The lowest BCUT2D eigenvalue weighted by Gasteiger charge is -2.23. The number of carboxylic acids is 1. The molecule has 1 aliphatic heterocycles. The lowest BCUT2D eigenvalue weighted by Crippen LogP contribution is -2.33. The second-order valence-corrected chi connectivity index (χ2v) is 17.0. The number of benzene rings is 6. The second kappa shape index (κ2) is 24.3. The molecular formula is C53H41BCl3F4N5O7. The van der Waals surface area contributed by atoms with Gasteiger partial charge in [0.15, 0.2) is 23.3 Å². The van der Waals surface area contributed by atoms with Crippen LogP contribution in [0.3, 0.4) is 0 Å². The standard InChI is InChI=1S/C25H17ClF2N2O3.C19H12Cl2N2O2.C6H5BF2O2.C3H7N/c1-13(29-24(31)15-7-2-3-8-16(15)25(32)33)18-12-14-6-4-10-19(26)22(14)30-23(18)17-9-5-11-20(27)21(17)28;1-10(23-18(24)12-6-2-3-7-13(12)19(23)25)14-9-11-5-4-8-15(20)16(11)22-17(14)21;8-5-3-1-2-4(6(5)9)7(10)11;1-3-4-2/h2-13H,1H3,(H,29,31)(H,32,33);2-10H,1H3;1-3,10-11H;2-3H2,1H3/t13-;10-;;/m00../s1. The molecule has 0 spiro atoms. The Hall–Kier alpha value is -7.54. The summed E-state index contributed by atoms with van der Waals surface area (Å²) in [6.07, 6.45) is 0. The molecule has 0 saturated carbocycles. The van der Waals surface area contributed by atoms with Gasteiger partial charge >= 0.3 is 13.1 Å². The van der Waals surface area contributed by atoms with Crippen molar-refractivity contribution < 1.29 is 51.9 Å². The predicted molar refractivity (Wildman–Crippen MR) is 275 cm³/mol. The van der Waals surface area contributed by atoms with Crippen molar-refractivity contribution in [2.24, 2.45) is 4.99 Å². The number of halogens is 7. The van der Waals surface area contributed by atoms with Crippen molar-refractivity contribution in [3.63, 3.8) is 0 Å². The van der Waals surface area contributed by atoms with Gasteiger partial charge in [0.05, 0.1) is 61.1 Å². The van der Waals surface area contributed by atoms with E-state index in [4.69, 9.17) is 44.9 Å². The molecule has 2 aromatic heterocycles. The quantitative estimate of drug-likeness (QED) is 0.0359. The molecule has 6 aromatic carbocycles. The topological polar surface area (TPSA) is 182 Å². The van der Waals surface area contributed by atoms with Gasteiger partial charge in [0.25, 0.3) is 17.7 Å². The molecule has 0 aliphatic carbocycles. The highest BCUT2D eigenvalue weighted by Gasteiger charge is 2.39. The third kappa shape index (κ3) is 12.2. The van der Waals surface area contributed by atoms with Crippen LogP contribution >= 0.6 is 34.8 Å². The van der Waals surface area contributed by atoms with E-state index in [9.17, 15) is 41.8 Å². The molecule has 0 unspecified atom stereocenters. The fourth-order valence-corrected chi connectivity index (χ4v) is 8.24. The summed E-state index contributed by atoms with van der Waals surface area (Å²) in [5.41, 5.74) is 2.23. The number of amides is 3. The Morgan fingerprint density at radius 2 is 1.16 bits per heavy atom. The zero-order chi connectivity index (χ0) is 53.3. The minimum Gasteiger partial charge on any atom is -0.478 e. The molecule has 0 bridgehead atoms. The minimum absolute atomic E-state index is 0.0212. The summed E-state index contributed by atoms with van der Waals surface area (Å²) in [6.45, 7) is 9.43. The molecular weight excluding hydrogens is 1010 g/mol. The van der Waals surface area contributed by atoms with E-state index < -0.39 is 59.8 Å². The number of nitrogens with zero attached hydrogens (tertiary/aromatic N) is 4. The van der Waals surface area contributed by atoms with E-state index in [1.54, 1.807) is 74.5 Å². The molecule has 0 radical (unpaired) electrons. The summed E-state index contributed by atoms with van der Waals surface area (Å²) < 4.78 is 53.6. The van der Waals surface area contributed by atoms with Gasteiger partial charge in [-0.25, -0.2) is 32.3 Å². The van der Waals surface area contributed by atoms with Crippen molar-refractivity contribution in [2.75, 3.05) is 6.54 Å². The van der Waals surface area contributed by atoms with Crippen LogP contribution in [-0.4, -0.2) is 74.1 Å². The van der Waals surface area contributed by atoms with Crippen molar-refractivity contribution in [3.8, 4) is 11.3 Å². The summed E-state index contributed by atoms with van der Waals surface area (Å²) >= 11 is 18.8. The van der Waals surface area contributed by atoms with Gasteiger partial charge in [-0.2, -0.15) is 0 Å². The first-order valence-corrected chi connectivity index (χ1v) is 23.0. The number of aliphatic imine (C=N–C) groups is 1. The van der Waals surface area contributed by atoms with Crippen molar-refractivity contribution >= 4 is 99.6 Å². The maximum atomic E-state index is 14.7. The van der Waals surface area contributed by atoms with Gasteiger partial charge in [-0.3, -0.25) is 19.3 Å². The number of fused-ring (bicyclic) bond motifs is 3. The van der Waals surface area contributed by atoms with E-state index in [0.29, 0.717) is 48.7 Å². The van der Waals surface area contributed by atoms with Crippen LogP contribution in [0.5, 0.6) is 0 Å². The number of carbonyl (C=O) groups excluding carboxylic acids is 3. The molecule has 0 saturated heterocycles. The Morgan fingerprint density at radius 3 is 1.70 bits per heavy atom. The summed E-state index contributed by atoms with van der Waals surface area (Å²) in [6, 6.07) is 32.3. The minimum atomic E-state index is -1.97. The fraction of sp³-hybridized carbons (Fsp3) is 0.113. The van der Waals surface area contributed by atoms with Crippen molar-refractivity contribution in [1.29, 1.82) is 0 Å². The predicted octanol–water partition coefficient (Wildman–Crippen LogP) is 11.3. The molecule has 3 heterocycles. The number of rotatable bonds is 9. The number of para-hydroxylation sites is 2. The molecule has 372 valence electrons. The lowest BCUT2D eigenvalue weighted by molar-refractivity contribution is 0.0593. The number of imide groups is 1. The van der Waals surface area contributed by atoms with Crippen LogP contribution in [-0.2, 0) is 0 Å². The van der Waals surface area contributed by atoms with Crippen LogP contribution in [0.2, 0.25) is 15.2 Å². The summed E-state index contributed by atoms with van der Waals surface area (Å²) in [5.74, 6) is -6.93. The smallest absolute Gasteiger partial charge is 0.478 e. The average Bonchev–Trinajstić information content (AvgIpc) is 3.63. The molecule has 8 aromatic rings. The highest BCUT2D eigenvalue weighted by Crippen LogP contribution is 2.37. The SMILES string of the molecule is C=NCC.C[C@@H](c1cc2cccc(Cl)c2nc1Cl)N1C(=O)c2ccccc2C1=O.C[C@H](NC(=O)c1ccccc1C(=O)O)c1cc2cccc(Cl)c2nc1-c1cccc(F)c1F.OB(O)c1cccc(F)c1F. The van der Waals surface area contributed by atoms with E-state index in [-0.39, 0.29) is 39.4 Å². The van der Waals surface area contributed by atoms with Crippen LogP contribution in [0.15, 0.2) is 138 Å². The van der Waals surface area contributed by atoms with Gasteiger partial charge < -0.3 is 25.5 Å². The van der Waals surface area contributed by atoms with E-state index in [0.717, 1.165) is 30.1 Å². The highest BCUT2D eigenvalue weighted by atomic mass is 35.5. The first-order valence-electron chi connectivity index (χ1n) is 21.9. The van der Waals surface area contributed by atoms with Crippen LogP contribution in [0.4, 0.5) is 17.6 Å². The van der Waals surface area contributed by atoms with Crippen LogP contribution < -0.4 is 10.8 Å². The van der Waals surface area contributed by atoms with Crippen LogP contribution in [0.25, 0.3) is 33.1 Å². The maximum Gasteiger partial charge on any atom is 0.491 e. The number of aromatic carboxylic acids is 1. The molecule has 3 amide bonds. The molecule has 9 rings (SSSR count). The molecule has 73 heavy (non-hydrogen) atoms. The first-order chi connectivity index (χ1) is 34.8. The largest absolute Gasteiger partial charge is 0.491 e. The molecule has 1 aliphatic rings. The van der Waals surface area contributed by atoms with E-state index >= 15 is 0 Å². The van der Waals surface area contributed by atoms with E-state index in [1.807, 2.05) is 25.1 Å². The first kappa shape index (κ1) is 54.8. The van der Waals surface area contributed by atoms with Crippen LogP contribution in [0, 0.1) is 23.3 Å². The average molecular weight is 1050 g/mol. The lowest BCUT2D eigenvalue weighted by atomic mass is 9.80. The Labute approximate surface area is 430 Å². The van der Waals surface area contributed by atoms with Crippen molar-refractivity contribution in [1.82, 2.24) is 20.2 Å². The Kier molecular flexibility index (Phi) is 18.2. The molecule has 0 fully saturated rings. The number of aromatic nitrogens is 2. The number of nitrogens with one attached hydrogen (secondary N) is 1. The summed E-state index contributed by atoms with van der Waals surface area (Å²) in [4.78, 5) is 63.3. The fourth-order valence-electron chi connectivity index (χ4n) is 7.50. The zero-order valence-electron chi connectivity index (χ0n) is 38.8. The second-order valence-electron chi connectivity index (χ2n) is 15.8. The van der Waals surface area contributed by atoms with Gasteiger partial charge in [-0.1, -0.05) is 102 Å². The van der Waals surface area contributed by atoms with Gasteiger partial charge in [0.1, 0.15) is 5.15 Å². The molecule has 20 heteroatoms. The summed E-state index contributed by atoms with van der Waals surface area (Å²) in [7, 11) is -1.97. The van der Waals surface area contributed by atoms with Gasteiger partial charge in [-0.15, -0.1) is 0 Å². The number of carboxylic acid groups (broad SMARTS) is 1. The maximum absolute atomic E-state index is 14.7. The van der Waals surface area contributed by atoms with E-state index in [2.05, 4.69) is 27.0 Å². The zero-order valence-corrected chi connectivity index (χ0v) is 41.0. The normalized spacial score (nSPS) is 12.3. The van der Waals surface area contributed by atoms with Gasteiger partial charge in [0, 0.05) is 39.5 Å². The number of pyridine rings is 2. The Bertz CT molecular complexity index is 3390. The monoisotopic (exact) mass is 1050 g/mol. The van der Waals surface area contributed by atoms with E-state index in [1.165, 1.54) is 41.3 Å². The molecule has 4 N–H and O–H groups in total. The van der Waals surface area contributed by atoms with Gasteiger partial charge in [0.2, 0.25) is 0 Å². The third-order valence-corrected chi connectivity index (χ3v) is 12.1. The Balaban J connectivity index is 0.000000190. The van der Waals surface area contributed by atoms with Crippen molar-refractivity contribution in [2.45, 2.75) is 32.9 Å². The molecule has 2 atom stereocenters. The van der Waals surface area contributed by atoms with Gasteiger partial charge in [-0.05, 0) is 94.2 Å². The summed E-state index contributed by atoms with van der Waals surface area (Å²) in [5, 5.41) is 31.6. The highest BCUT2D eigenvalue weighted by molar-refractivity contribution is 6.58. The number of hydrogen-bond donors (Lipinski definition) is 4. The number of carbonyl (C=O) groups is 4. The van der Waals surface area contributed by atoms with Crippen LogP contribution in [0.1, 0.15) is 85.4 Å². The Morgan fingerprint density at radius 1 is 0.685 bits per heavy atom. The third-order valence-electron chi connectivity index (χ3n) is 11.2. The molecule has 12 nitrogen and oxygen atoms in total.